The Labute approximate surface area is 214 Å². The molecule has 0 fully saturated rings. The number of aliphatic carboxylic acids is 1. The van der Waals surface area contributed by atoms with E-state index in [-0.39, 0.29) is 42.1 Å². The number of benzene rings is 1. The molecule has 0 aliphatic carbocycles. The number of amides is 1. The van der Waals surface area contributed by atoms with Crippen molar-refractivity contribution >= 4 is 21.9 Å². The van der Waals surface area contributed by atoms with Crippen LogP contribution in [0.1, 0.15) is 52.5 Å². The fraction of sp³-hybridized carbons (Fsp3) is 0.385. The molecule has 9 nitrogen and oxygen atoms in total. The highest BCUT2D eigenvalue weighted by Crippen LogP contribution is 2.18. The second-order valence-electron chi connectivity index (χ2n) is 7.25. The minimum absolute atomic E-state index is 0.0146. The molecule has 0 spiro atoms. The van der Waals surface area contributed by atoms with Crippen molar-refractivity contribution < 1.29 is 23.1 Å². The Balaban J connectivity index is 0.00000596. The standard InChI is InChI=1S/C24H28N4O5S.C2H6/c1-4-6-14-28(15-13-25)34(32,33)21-10-7-20(8-11-21)16-23(29)27-18(3)22(24(30)31)12-9-19(5-2)17-26;1-2/h5,7-8,10-12H,3-4,6,9,14-16H2,1-2H3,(H,27,29)(H,30,31);1-2H3/b19-5+,22-12?;. The Morgan fingerprint density at radius 1 is 1.19 bits per heavy atom. The van der Waals surface area contributed by atoms with Gasteiger partial charge in [0.25, 0.3) is 0 Å². The number of nitriles is 2. The van der Waals surface area contributed by atoms with Crippen molar-refractivity contribution in [1.29, 1.82) is 10.5 Å². The first-order valence-electron chi connectivity index (χ1n) is 11.5. The van der Waals surface area contributed by atoms with Gasteiger partial charge in [0, 0.05) is 24.2 Å². The summed E-state index contributed by atoms with van der Waals surface area (Å²) >= 11 is 0. The number of allylic oxidation sites excluding steroid dienone is 3. The Morgan fingerprint density at radius 3 is 2.28 bits per heavy atom. The Hall–Kier alpha value is -3.73. The van der Waals surface area contributed by atoms with Crippen LogP contribution in [0.25, 0.3) is 0 Å². The van der Waals surface area contributed by atoms with Gasteiger partial charge in [-0.25, -0.2) is 13.2 Å². The summed E-state index contributed by atoms with van der Waals surface area (Å²) < 4.78 is 26.7. The van der Waals surface area contributed by atoms with Crippen LogP contribution in [0.4, 0.5) is 0 Å². The van der Waals surface area contributed by atoms with Crippen molar-refractivity contribution in [2.45, 2.75) is 58.3 Å². The van der Waals surface area contributed by atoms with E-state index in [1.54, 1.807) is 13.0 Å². The van der Waals surface area contributed by atoms with Gasteiger partial charge in [0.1, 0.15) is 6.54 Å². The van der Waals surface area contributed by atoms with Gasteiger partial charge in [0.05, 0.1) is 29.0 Å². The molecule has 0 aliphatic rings. The molecule has 0 aromatic heterocycles. The highest BCUT2D eigenvalue weighted by atomic mass is 32.2. The number of hydrogen-bond donors (Lipinski definition) is 2. The summed E-state index contributed by atoms with van der Waals surface area (Å²) in [6, 6.07) is 9.51. The molecule has 1 amide bonds. The first-order chi connectivity index (χ1) is 17.1. The molecule has 0 heterocycles. The van der Waals surface area contributed by atoms with Gasteiger partial charge in [-0.3, -0.25) is 4.79 Å². The molecule has 0 aliphatic heterocycles. The summed E-state index contributed by atoms with van der Waals surface area (Å²) in [6.45, 7) is 11.2. The van der Waals surface area contributed by atoms with Crippen molar-refractivity contribution in [3.05, 3.63) is 65.4 Å². The molecule has 0 saturated carbocycles. The number of nitrogens with zero attached hydrogens (tertiary/aromatic N) is 3. The molecule has 0 radical (unpaired) electrons. The van der Waals surface area contributed by atoms with Crippen LogP contribution >= 0.6 is 0 Å². The van der Waals surface area contributed by atoms with Crippen LogP contribution in [-0.2, 0) is 26.0 Å². The predicted octanol–water partition coefficient (Wildman–Crippen LogP) is 4.07. The third-order valence-electron chi connectivity index (χ3n) is 4.80. The number of sulfonamides is 1. The molecule has 0 bridgehead atoms. The zero-order valence-electron chi connectivity index (χ0n) is 21.2. The van der Waals surface area contributed by atoms with Gasteiger partial charge in [-0.05, 0) is 31.0 Å². The number of hydrogen-bond acceptors (Lipinski definition) is 6. The van der Waals surface area contributed by atoms with E-state index in [1.165, 1.54) is 30.3 Å². The van der Waals surface area contributed by atoms with E-state index in [4.69, 9.17) is 10.5 Å². The molecule has 1 aromatic carbocycles. The topological polar surface area (TPSA) is 151 Å². The van der Waals surface area contributed by atoms with Gasteiger partial charge < -0.3 is 10.4 Å². The van der Waals surface area contributed by atoms with Crippen molar-refractivity contribution in [2.24, 2.45) is 0 Å². The van der Waals surface area contributed by atoms with Crippen LogP contribution < -0.4 is 5.32 Å². The van der Waals surface area contributed by atoms with Crippen LogP contribution in [0.2, 0.25) is 0 Å². The number of nitrogens with one attached hydrogen (secondary N) is 1. The summed E-state index contributed by atoms with van der Waals surface area (Å²) in [6.07, 6.45) is 4.22. The second-order valence-corrected chi connectivity index (χ2v) is 9.19. The largest absolute Gasteiger partial charge is 0.478 e. The van der Waals surface area contributed by atoms with Gasteiger partial charge in [0.15, 0.2) is 0 Å². The van der Waals surface area contributed by atoms with E-state index in [2.05, 4.69) is 11.9 Å². The van der Waals surface area contributed by atoms with E-state index in [9.17, 15) is 23.1 Å². The lowest BCUT2D eigenvalue weighted by Crippen LogP contribution is -2.32. The highest BCUT2D eigenvalue weighted by Gasteiger charge is 2.24. The number of carboxylic acids is 1. The first-order valence-corrected chi connectivity index (χ1v) is 13.0. The smallest absolute Gasteiger partial charge is 0.337 e. The minimum Gasteiger partial charge on any atom is -0.478 e. The first kappa shape index (κ1) is 32.3. The third-order valence-corrected chi connectivity index (χ3v) is 6.66. The van der Waals surface area contributed by atoms with Gasteiger partial charge >= 0.3 is 5.97 Å². The quantitative estimate of drug-likeness (QED) is 0.174. The molecule has 36 heavy (non-hydrogen) atoms. The molecule has 2 N–H and O–H groups in total. The lowest BCUT2D eigenvalue weighted by molar-refractivity contribution is -0.132. The molecule has 1 rings (SSSR count). The monoisotopic (exact) mass is 514 g/mol. The number of carboxylic acid groups (broad SMARTS) is 1. The van der Waals surface area contributed by atoms with Crippen molar-refractivity contribution in [1.82, 2.24) is 9.62 Å². The third kappa shape index (κ3) is 10.3. The fourth-order valence-electron chi connectivity index (χ4n) is 2.87. The highest BCUT2D eigenvalue weighted by molar-refractivity contribution is 7.89. The zero-order valence-corrected chi connectivity index (χ0v) is 22.1. The summed E-state index contributed by atoms with van der Waals surface area (Å²) in [7, 11) is -3.84. The zero-order chi connectivity index (χ0) is 27.7. The van der Waals surface area contributed by atoms with E-state index in [1.807, 2.05) is 32.9 Å². The van der Waals surface area contributed by atoms with Crippen LogP contribution in [-0.4, -0.2) is 42.8 Å². The van der Waals surface area contributed by atoms with Gasteiger partial charge in [0.2, 0.25) is 15.9 Å². The molecule has 10 heteroatoms. The lowest BCUT2D eigenvalue weighted by atomic mass is 10.1. The molecule has 0 atom stereocenters. The van der Waals surface area contributed by atoms with E-state index >= 15 is 0 Å². The summed E-state index contributed by atoms with van der Waals surface area (Å²) in [4.78, 5) is 23.9. The number of carbonyl (C=O) groups is 2. The summed E-state index contributed by atoms with van der Waals surface area (Å²) in [5, 5.41) is 29.7. The Kier molecular flexibility index (Phi) is 15.1. The normalized spacial score (nSPS) is 11.5. The fourth-order valence-corrected chi connectivity index (χ4v) is 4.25. The maximum Gasteiger partial charge on any atom is 0.337 e. The van der Waals surface area contributed by atoms with E-state index in [0.29, 0.717) is 17.6 Å². The summed E-state index contributed by atoms with van der Waals surface area (Å²) in [5.41, 5.74) is 0.532. The Bertz CT molecular complexity index is 1150. The predicted molar refractivity (Wildman–Crippen MR) is 138 cm³/mol. The number of unbranched alkanes of at least 4 members (excludes halogenated alkanes) is 1. The van der Waals surface area contributed by atoms with Crippen LogP contribution in [0.3, 0.4) is 0 Å². The lowest BCUT2D eigenvalue weighted by Gasteiger charge is -2.19. The van der Waals surface area contributed by atoms with Crippen molar-refractivity contribution in [2.75, 3.05) is 13.1 Å². The second kappa shape index (κ2) is 16.8. The van der Waals surface area contributed by atoms with E-state index in [0.717, 1.165) is 10.7 Å². The van der Waals surface area contributed by atoms with Gasteiger partial charge in [-0.1, -0.05) is 58.1 Å². The number of rotatable bonds is 13. The van der Waals surface area contributed by atoms with Crippen LogP contribution in [0.15, 0.2) is 64.7 Å². The average molecular weight is 515 g/mol. The molecule has 194 valence electrons. The maximum atomic E-state index is 12.8. The number of carbonyl (C=O) groups excluding carboxylic acids is 1. The summed E-state index contributed by atoms with van der Waals surface area (Å²) in [5.74, 6) is -1.83. The molecule has 0 saturated heterocycles. The van der Waals surface area contributed by atoms with Crippen molar-refractivity contribution in [3.8, 4) is 12.1 Å². The Morgan fingerprint density at radius 2 is 1.81 bits per heavy atom. The van der Waals surface area contributed by atoms with Gasteiger partial charge in [-0.2, -0.15) is 14.8 Å². The van der Waals surface area contributed by atoms with Crippen LogP contribution in [0.5, 0.6) is 0 Å². The molecule has 0 unspecified atom stereocenters. The van der Waals surface area contributed by atoms with Gasteiger partial charge in [-0.15, -0.1) is 0 Å². The van der Waals surface area contributed by atoms with Crippen LogP contribution in [0, 0.1) is 22.7 Å². The molecular formula is C26H34N4O5S. The van der Waals surface area contributed by atoms with Crippen molar-refractivity contribution in [3.63, 3.8) is 0 Å². The average Bonchev–Trinajstić information content (AvgIpc) is 2.85. The minimum atomic E-state index is -3.84. The molecule has 1 aromatic rings. The molecular weight excluding hydrogens is 480 g/mol. The maximum absolute atomic E-state index is 12.8. The van der Waals surface area contributed by atoms with E-state index < -0.39 is 21.9 Å². The SMILES string of the molecule is C=C(NC(=O)Cc1ccc(S(=O)(=O)N(CC#N)CCCC)cc1)C(=CC/C(C#N)=C\C)C(=O)O.CC.